The molecule has 0 saturated carbocycles. The predicted octanol–water partition coefficient (Wildman–Crippen LogP) is 2.35. The summed E-state index contributed by atoms with van der Waals surface area (Å²) >= 11 is 5.94. The van der Waals surface area contributed by atoms with E-state index >= 15 is 0 Å². The van der Waals surface area contributed by atoms with Crippen LogP contribution in [0.4, 0.5) is 11.4 Å². The van der Waals surface area contributed by atoms with Crippen LogP contribution in [-0.4, -0.2) is 24.0 Å². The van der Waals surface area contributed by atoms with E-state index in [2.05, 4.69) is 5.32 Å². The SMILES string of the molecule is COc1ccc([N+](=O)[O-])cc1NC(=O)[C@H](C)[NH2+]Cc1cccc(Cl)c1. The number of amides is 1. The third-order valence-electron chi connectivity index (χ3n) is 3.66. The molecule has 0 aliphatic rings. The molecule has 0 unspecified atom stereocenters. The lowest BCUT2D eigenvalue weighted by Crippen LogP contribution is -2.90. The van der Waals surface area contributed by atoms with Gasteiger partial charge in [0.15, 0.2) is 6.04 Å². The first kappa shape index (κ1) is 18.7. The zero-order valence-corrected chi connectivity index (χ0v) is 14.6. The monoisotopic (exact) mass is 364 g/mol. The van der Waals surface area contributed by atoms with Crippen LogP contribution in [0.1, 0.15) is 12.5 Å². The number of halogens is 1. The molecular weight excluding hydrogens is 346 g/mol. The van der Waals surface area contributed by atoms with Crippen LogP contribution >= 0.6 is 11.6 Å². The number of methoxy groups -OCH3 is 1. The molecule has 25 heavy (non-hydrogen) atoms. The Labute approximate surface area is 150 Å². The third kappa shape index (κ3) is 5.17. The third-order valence-corrected chi connectivity index (χ3v) is 3.90. The van der Waals surface area contributed by atoms with E-state index in [1.807, 2.05) is 23.5 Å². The number of rotatable bonds is 7. The molecule has 132 valence electrons. The second kappa shape index (κ2) is 8.46. The predicted molar refractivity (Wildman–Crippen MR) is 94.8 cm³/mol. The van der Waals surface area contributed by atoms with Crippen molar-refractivity contribution in [2.45, 2.75) is 19.5 Å². The van der Waals surface area contributed by atoms with Crippen LogP contribution in [-0.2, 0) is 11.3 Å². The van der Waals surface area contributed by atoms with Crippen LogP contribution in [0.25, 0.3) is 0 Å². The number of hydrogen-bond acceptors (Lipinski definition) is 4. The molecule has 0 fully saturated rings. The number of quaternary nitrogens is 1. The van der Waals surface area contributed by atoms with Gasteiger partial charge in [0, 0.05) is 22.7 Å². The summed E-state index contributed by atoms with van der Waals surface area (Å²) in [5.41, 5.74) is 1.15. The minimum atomic E-state index is -0.524. The largest absolute Gasteiger partial charge is 0.495 e. The van der Waals surface area contributed by atoms with Gasteiger partial charge in [-0.25, -0.2) is 0 Å². The van der Waals surface area contributed by atoms with Gasteiger partial charge in [-0.1, -0.05) is 23.7 Å². The van der Waals surface area contributed by atoms with Crippen molar-refractivity contribution >= 4 is 28.9 Å². The smallest absolute Gasteiger partial charge is 0.282 e. The second-order valence-corrected chi connectivity index (χ2v) is 5.93. The van der Waals surface area contributed by atoms with Crippen LogP contribution in [0.3, 0.4) is 0 Å². The molecule has 3 N–H and O–H groups in total. The van der Waals surface area contributed by atoms with E-state index in [0.29, 0.717) is 17.3 Å². The van der Waals surface area contributed by atoms with Gasteiger partial charge in [-0.2, -0.15) is 0 Å². The van der Waals surface area contributed by atoms with E-state index in [9.17, 15) is 14.9 Å². The summed E-state index contributed by atoms with van der Waals surface area (Å²) < 4.78 is 5.14. The van der Waals surface area contributed by atoms with Crippen molar-refractivity contribution in [2.24, 2.45) is 0 Å². The standard InChI is InChI=1S/C17H18ClN3O4/c1-11(19-10-12-4-3-5-13(18)8-12)17(22)20-15-9-14(21(23)24)6-7-16(15)25-2/h3-9,11,19H,10H2,1-2H3,(H,20,22)/p+1/t11-/m0/s1. The first-order valence-corrected chi connectivity index (χ1v) is 7.99. The summed E-state index contributed by atoms with van der Waals surface area (Å²) in [6.07, 6.45) is 0. The Hall–Kier alpha value is -2.64. The maximum Gasteiger partial charge on any atom is 0.282 e. The number of carbonyl (C=O) groups excluding carboxylic acids is 1. The fraction of sp³-hybridized carbons (Fsp3) is 0.235. The molecule has 0 aliphatic carbocycles. The van der Waals surface area contributed by atoms with Crippen molar-refractivity contribution in [1.29, 1.82) is 0 Å². The lowest BCUT2D eigenvalue weighted by molar-refractivity contribution is -0.688. The van der Waals surface area contributed by atoms with E-state index in [1.54, 1.807) is 13.0 Å². The maximum absolute atomic E-state index is 12.4. The van der Waals surface area contributed by atoms with E-state index in [4.69, 9.17) is 16.3 Å². The number of nitrogens with two attached hydrogens (primary N) is 1. The van der Waals surface area contributed by atoms with E-state index in [-0.39, 0.29) is 17.3 Å². The number of carbonyl (C=O) groups is 1. The van der Waals surface area contributed by atoms with Crippen LogP contribution < -0.4 is 15.4 Å². The number of benzene rings is 2. The zero-order valence-electron chi connectivity index (χ0n) is 13.9. The van der Waals surface area contributed by atoms with E-state index in [0.717, 1.165) is 5.56 Å². The summed E-state index contributed by atoms with van der Waals surface area (Å²) in [4.78, 5) is 22.7. The van der Waals surface area contributed by atoms with Gasteiger partial charge >= 0.3 is 0 Å². The molecule has 0 aliphatic heterocycles. The number of non-ortho nitro benzene ring substituents is 1. The van der Waals surface area contributed by atoms with Gasteiger partial charge in [-0.3, -0.25) is 14.9 Å². The van der Waals surface area contributed by atoms with Crippen molar-refractivity contribution in [1.82, 2.24) is 0 Å². The van der Waals surface area contributed by atoms with Crippen molar-refractivity contribution in [3.05, 3.63) is 63.2 Å². The van der Waals surface area contributed by atoms with Gasteiger partial charge in [-0.05, 0) is 25.1 Å². The molecular formula is C17H19ClN3O4+. The molecule has 8 heteroatoms. The summed E-state index contributed by atoms with van der Waals surface area (Å²) in [6.45, 7) is 2.34. The average Bonchev–Trinajstić information content (AvgIpc) is 2.59. The maximum atomic E-state index is 12.4. The molecule has 0 spiro atoms. The molecule has 0 heterocycles. The van der Waals surface area contributed by atoms with Gasteiger partial charge in [0.25, 0.3) is 11.6 Å². The molecule has 0 radical (unpaired) electrons. The number of nitro benzene ring substituents is 1. The summed E-state index contributed by atoms with van der Waals surface area (Å²) in [5.74, 6) is 0.0850. The minimum absolute atomic E-state index is 0.119. The Kier molecular flexibility index (Phi) is 6.32. The second-order valence-electron chi connectivity index (χ2n) is 5.49. The summed E-state index contributed by atoms with van der Waals surface area (Å²) in [7, 11) is 1.44. The number of ether oxygens (including phenoxy) is 1. The van der Waals surface area contributed by atoms with Crippen molar-refractivity contribution < 1.29 is 19.8 Å². The Morgan fingerprint density at radius 1 is 1.36 bits per heavy atom. The molecule has 2 aromatic rings. The molecule has 2 aromatic carbocycles. The normalized spacial score (nSPS) is 11.6. The van der Waals surface area contributed by atoms with Crippen molar-refractivity contribution in [3.63, 3.8) is 0 Å². The molecule has 1 amide bonds. The minimum Gasteiger partial charge on any atom is -0.495 e. The number of nitro groups is 1. The lowest BCUT2D eigenvalue weighted by atomic mass is 10.2. The highest BCUT2D eigenvalue weighted by Gasteiger charge is 2.19. The van der Waals surface area contributed by atoms with Crippen LogP contribution in [0.5, 0.6) is 5.75 Å². The Balaban J connectivity index is 2.03. The highest BCUT2D eigenvalue weighted by atomic mass is 35.5. The summed E-state index contributed by atoms with van der Waals surface area (Å²) in [5, 5.41) is 16.1. The number of anilines is 1. The Bertz CT molecular complexity index is 782. The topological polar surface area (TPSA) is 98.1 Å². The summed E-state index contributed by atoms with van der Waals surface area (Å²) in [6, 6.07) is 11.1. The fourth-order valence-corrected chi connectivity index (χ4v) is 2.45. The Morgan fingerprint density at radius 3 is 2.76 bits per heavy atom. The first-order valence-electron chi connectivity index (χ1n) is 7.61. The van der Waals surface area contributed by atoms with Crippen LogP contribution in [0.15, 0.2) is 42.5 Å². The van der Waals surface area contributed by atoms with E-state index < -0.39 is 11.0 Å². The first-order chi connectivity index (χ1) is 11.9. The van der Waals surface area contributed by atoms with Gasteiger partial charge in [0.05, 0.1) is 17.7 Å². The molecule has 0 bridgehead atoms. The van der Waals surface area contributed by atoms with E-state index in [1.165, 1.54) is 25.3 Å². The van der Waals surface area contributed by atoms with Gasteiger partial charge in [0.2, 0.25) is 0 Å². The number of hydrogen-bond donors (Lipinski definition) is 2. The molecule has 0 saturated heterocycles. The van der Waals surface area contributed by atoms with Crippen molar-refractivity contribution in [2.75, 3.05) is 12.4 Å². The quantitative estimate of drug-likeness (QED) is 0.582. The lowest BCUT2D eigenvalue weighted by Gasteiger charge is -2.13. The number of nitrogens with zero attached hydrogens (tertiary/aromatic N) is 1. The van der Waals surface area contributed by atoms with Gasteiger partial charge < -0.3 is 15.4 Å². The zero-order chi connectivity index (χ0) is 18.4. The fourth-order valence-electron chi connectivity index (χ4n) is 2.24. The Morgan fingerprint density at radius 2 is 2.12 bits per heavy atom. The molecule has 0 aromatic heterocycles. The molecule has 7 nitrogen and oxygen atoms in total. The van der Waals surface area contributed by atoms with Crippen LogP contribution in [0.2, 0.25) is 5.02 Å². The van der Waals surface area contributed by atoms with Crippen LogP contribution in [0, 0.1) is 10.1 Å². The average molecular weight is 365 g/mol. The number of nitrogens with one attached hydrogen (secondary N) is 1. The highest BCUT2D eigenvalue weighted by molar-refractivity contribution is 6.30. The highest BCUT2D eigenvalue weighted by Crippen LogP contribution is 2.28. The van der Waals surface area contributed by atoms with Gasteiger partial charge in [-0.15, -0.1) is 0 Å². The molecule has 1 atom stereocenters. The van der Waals surface area contributed by atoms with Gasteiger partial charge in [0.1, 0.15) is 12.3 Å². The van der Waals surface area contributed by atoms with Crippen molar-refractivity contribution in [3.8, 4) is 5.75 Å². The molecule has 2 rings (SSSR count).